The van der Waals surface area contributed by atoms with Crippen LogP contribution in [0.15, 0.2) is 0 Å². The van der Waals surface area contributed by atoms with Crippen LogP contribution in [0.4, 0.5) is 0 Å². The molecule has 0 aliphatic rings. The van der Waals surface area contributed by atoms with Crippen molar-refractivity contribution in [2.45, 2.75) is 0 Å². The molecule has 0 amide bonds. The van der Waals surface area contributed by atoms with Gasteiger partial charge in [0.15, 0.2) is 0 Å². The summed E-state index contributed by atoms with van der Waals surface area (Å²) in [6.07, 6.45) is 0. The summed E-state index contributed by atoms with van der Waals surface area (Å²) in [5.74, 6) is 0. The van der Waals surface area contributed by atoms with Crippen molar-refractivity contribution >= 4 is 17.1 Å². The minimum Gasteiger partial charge on any atom is -2.00 e. The molecule has 0 saturated carbocycles. The van der Waals surface area contributed by atoms with E-state index in [0.717, 1.165) is 0 Å². The fraction of sp³-hybridized carbons (Fsp3) is 0. The number of hydrogen-bond acceptors (Lipinski definition) is 0. The first-order chi connectivity index (χ1) is 0. The van der Waals surface area contributed by atoms with Crippen LogP contribution in [0.5, 0.6) is 0 Å². The maximum atomic E-state index is 0. The van der Waals surface area contributed by atoms with Gasteiger partial charge in [0.1, 0.15) is 0 Å². The Balaban J connectivity index is 0. The van der Waals surface area contributed by atoms with Crippen LogP contribution in [0.3, 0.4) is 0 Å². The van der Waals surface area contributed by atoms with E-state index >= 15 is 0 Å². The van der Waals surface area contributed by atoms with Gasteiger partial charge in [0.25, 0.3) is 0 Å². The molecule has 0 aliphatic heterocycles. The first kappa shape index (κ1) is 45.6. The fourth-order valence-electron chi connectivity index (χ4n) is 0. The van der Waals surface area contributed by atoms with Gasteiger partial charge >= 0.3 is 43.1 Å². The van der Waals surface area contributed by atoms with Crippen LogP contribution < -0.4 is 18.9 Å². The van der Waals surface area contributed by atoms with Gasteiger partial charge < -0.3 is 17.1 Å². The van der Waals surface area contributed by atoms with Gasteiger partial charge in [-0.15, -0.1) is 0 Å². The summed E-state index contributed by atoms with van der Waals surface area (Å²) >= 11 is 0. The van der Waals surface area contributed by atoms with Crippen molar-refractivity contribution in [3.05, 3.63) is 7.43 Å². The summed E-state index contributed by atoms with van der Waals surface area (Å²) in [5, 5.41) is 0. The van der Waals surface area contributed by atoms with Crippen molar-refractivity contribution in [1.82, 2.24) is 0 Å². The van der Waals surface area contributed by atoms with Gasteiger partial charge in [-0.2, -0.15) is 0 Å². The molecule has 0 spiro atoms. The maximum Gasteiger partial charge on any atom is 4.00 e. The zero-order chi connectivity index (χ0) is 0. The van der Waals surface area contributed by atoms with Crippen molar-refractivity contribution in [1.29, 1.82) is 0 Å². The van der Waals surface area contributed by atoms with Gasteiger partial charge in [-0.05, 0) is 0 Å². The normalized spacial score (nSPS) is 0. The molecule has 4 heavy (non-hydrogen) atoms. The third-order valence-corrected chi connectivity index (χ3v) is 0. The number of rotatable bonds is 0. The van der Waals surface area contributed by atoms with Gasteiger partial charge in [-0.25, -0.2) is 0 Å². The standard InChI is InChI=1S/C.Co.Li.Se/q+4;+2;+1;-2. The summed E-state index contributed by atoms with van der Waals surface area (Å²) in [7, 11) is 0. The first-order valence-electron chi connectivity index (χ1n) is 0. The molecule has 0 bridgehead atoms. The predicted molar refractivity (Wildman–Crippen MR) is 9.00 cm³/mol. The van der Waals surface area contributed by atoms with Crippen molar-refractivity contribution < 1.29 is 35.6 Å². The molecule has 0 aromatic heterocycles. The van der Waals surface area contributed by atoms with Crippen LogP contribution >= 0.6 is 0 Å². The summed E-state index contributed by atoms with van der Waals surface area (Å²) in [5.41, 5.74) is 0. The molecule has 0 aromatic rings. The van der Waals surface area contributed by atoms with Crippen LogP contribution in [-0.2, 0) is 16.8 Å². The summed E-state index contributed by atoms with van der Waals surface area (Å²) in [6, 6.07) is 0. The molecular formula is CCoLiSe+5. The molecule has 3 heteroatoms. The van der Waals surface area contributed by atoms with E-state index in [4.69, 9.17) is 0 Å². The minimum absolute atomic E-state index is 0. The van der Waals surface area contributed by atoms with Crippen LogP contribution in [0.1, 0.15) is 0 Å². The van der Waals surface area contributed by atoms with Crippen LogP contribution in [0.2, 0.25) is 0 Å². The minimum atomic E-state index is 0. The van der Waals surface area contributed by atoms with Gasteiger partial charge in [0.05, 0.1) is 0 Å². The maximum absolute atomic E-state index is 0. The molecule has 0 rings (SSSR count). The smallest absolute Gasteiger partial charge is 2.00 e. The monoisotopic (exact) mass is 158 g/mol. The third-order valence-electron chi connectivity index (χ3n) is 0. The second-order valence-electron chi connectivity index (χ2n) is 0. The van der Waals surface area contributed by atoms with Gasteiger partial charge in [-0.3, -0.25) is 0 Å². The van der Waals surface area contributed by atoms with E-state index in [1.165, 1.54) is 0 Å². The molecule has 0 atom stereocenters. The Labute approximate surface area is 60.0 Å². The molecule has 15 valence electrons. The van der Waals surface area contributed by atoms with Crippen LogP contribution in [0, 0.1) is 7.43 Å². The Morgan fingerprint density at radius 2 is 1.00 bits per heavy atom. The molecule has 0 heterocycles. The van der Waals surface area contributed by atoms with Gasteiger partial charge in [0, 0.05) is 0 Å². The Morgan fingerprint density at radius 3 is 1.00 bits per heavy atom. The van der Waals surface area contributed by atoms with E-state index in [2.05, 4.69) is 0 Å². The van der Waals surface area contributed by atoms with Crippen molar-refractivity contribution in [2.75, 3.05) is 0 Å². The topological polar surface area (TPSA) is 0 Å². The second kappa shape index (κ2) is 23.0. The fourth-order valence-corrected chi connectivity index (χ4v) is 0. The Kier molecular flexibility index (Phi) is 263. The van der Waals surface area contributed by atoms with Gasteiger partial charge in [-0.1, -0.05) is 0 Å². The van der Waals surface area contributed by atoms with Crippen molar-refractivity contribution in [2.24, 2.45) is 0 Å². The predicted octanol–water partition coefficient (Wildman–Crippen LogP) is -3.30. The summed E-state index contributed by atoms with van der Waals surface area (Å²) in [6.45, 7) is 0. The number of hydrogen-bond donors (Lipinski definition) is 0. The van der Waals surface area contributed by atoms with E-state index in [1.54, 1.807) is 0 Å². The Hall–Kier alpha value is 1.62. The average molecular weight is 157 g/mol. The third kappa shape index (κ3) is 9.46. The molecule has 0 nitrogen and oxygen atoms in total. The van der Waals surface area contributed by atoms with E-state index in [0.29, 0.717) is 0 Å². The molecule has 0 aromatic carbocycles. The van der Waals surface area contributed by atoms with E-state index < -0.39 is 0 Å². The molecule has 1 radical (unpaired) electrons. The van der Waals surface area contributed by atoms with Crippen LogP contribution in [0.25, 0.3) is 0 Å². The Morgan fingerprint density at radius 1 is 1.00 bits per heavy atom. The molecule has 0 N–H and O–H groups in total. The van der Waals surface area contributed by atoms with Crippen molar-refractivity contribution in [3.63, 3.8) is 0 Å². The van der Waals surface area contributed by atoms with Crippen LogP contribution in [-0.4, -0.2) is 17.1 Å². The molecule has 0 saturated heterocycles. The quantitative estimate of drug-likeness (QED) is 0.323. The SMILES string of the molecule is [C+4].[Co+2].[Li+].[Se-2]. The average Bonchev–Trinajstić information content (AvgIpc) is 0. The molecule has 0 fully saturated rings. The summed E-state index contributed by atoms with van der Waals surface area (Å²) < 4.78 is 0. The largest absolute Gasteiger partial charge is 4.00 e. The molecular weight excluding hydrogens is 157 g/mol. The van der Waals surface area contributed by atoms with Crippen molar-refractivity contribution in [3.8, 4) is 0 Å². The zero-order valence-corrected chi connectivity index (χ0v) is 5.00. The Bertz CT molecular complexity index is 8.00. The molecule has 0 unspecified atom stereocenters. The molecule has 0 aliphatic carbocycles. The zero-order valence-electron chi connectivity index (χ0n) is 2.24. The van der Waals surface area contributed by atoms with E-state index in [1.807, 2.05) is 0 Å². The first-order valence-corrected chi connectivity index (χ1v) is 0. The second-order valence-corrected chi connectivity index (χ2v) is 0. The van der Waals surface area contributed by atoms with E-state index in [-0.39, 0.29) is 60.1 Å². The van der Waals surface area contributed by atoms with E-state index in [9.17, 15) is 0 Å². The van der Waals surface area contributed by atoms with Gasteiger partial charge in [0.2, 0.25) is 0 Å². The summed E-state index contributed by atoms with van der Waals surface area (Å²) in [4.78, 5) is 0.